The molecule has 0 bridgehead atoms. The molecule has 1 aromatic heterocycles. The normalized spacial score (nSPS) is 10.6. The monoisotopic (exact) mass is 416 g/mol. The van der Waals surface area contributed by atoms with Crippen molar-refractivity contribution >= 4 is 23.2 Å². The third-order valence-electron chi connectivity index (χ3n) is 4.08. The van der Waals surface area contributed by atoms with Crippen LogP contribution in [0.3, 0.4) is 0 Å². The lowest BCUT2D eigenvalue weighted by atomic mass is 10.2. The highest BCUT2D eigenvalue weighted by molar-refractivity contribution is 6.35. The Kier molecular flexibility index (Phi) is 7.97. The Labute approximate surface area is 175 Å². The number of nitrogens with zero attached hydrogens (tertiary/aromatic N) is 1. The third kappa shape index (κ3) is 6.41. The lowest BCUT2D eigenvalue weighted by Gasteiger charge is -2.10. The summed E-state index contributed by atoms with van der Waals surface area (Å²) in [5.74, 6) is 1.44. The Balaban J connectivity index is 1.35. The van der Waals surface area contributed by atoms with Crippen LogP contribution in [0.15, 0.2) is 66.9 Å². The Morgan fingerprint density at radius 3 is 2.36 bits per heavy atom. The van der Waals surface area contributed by atoms with Gasteiger partial charge in [-0.3, -0.25) is 0 Å². The summed E-state index contributed by atoms with van der Waals surface area (Å²) in [5.41, 5.74) is 1.98. The van der Waals surface area contributed by atoms with Gasteiger partial charge in [0.05, 0.1) is 6.61 Å². The predicted molar refractivity (Wildman–Crippen MR) is 113 cm³/mol. The minimum Gasteiger partial charge on any atom is -0.489 e. The number of benzene rings is 2. The fourth-order valence-corrected chi connectivity index (χ4v) is 3.07. The van der Waals surface area contributed by atoms with Crippen molar-refractivity contribution in [3.8, 4) is 11.6 Å². The molecule has 4 nitrogen and oxygen atoms in total. The third-order valence-corrected chi connectivity index (χ3v) is 4.79. The van der Waals surface area contributed by atoms with E-state index in [1.165, 1.54) is 5.56 Å². The summed E-state index contributed by atoms with van der Waals surface area (Å²) in [7, 11) is 0. The van der Waals surface area contributed by atoms with Gasteiger partial charge in [0.2, 0.25) is 5.88 Å². The number of hydrogen-bond donors (Lipinski definition) is 1. The van der Waals surface area contributed by atoms with E-state index in [4.69, 9.17) is 32.7 Å². The second-order valence-electron chi connectivity index (χ2n) is 6.18. The van der Waals surface area contributed by atoms with Crippen molar-refractivity contribution in [2.75, 3.05) is 13.2 Å². The molecule has 6 heteroatoms. The predicted octanol–water partition coefficient (Wildman–Crippen LogP) is 5.53. The molecule has 2 aromatic carbocycles. The molecule has 0 unspecified atom stereocenters. The summed E-state index contributed by atoms with van der Waals surface area (Å²) in [5, 5.41) is 4.63. The van der Waals surface area contributed by atoms with E-state index in [-0.39, 0.29) is 0 Å². The van der Waals surface area contributed by atoms with Crippen molar-refractivity contribution in [2.24, 2.45) is 0 Å². The van der Waals surface area contributed by atoms with E-state index in [0.29, 0.717) is 29.1 Å². The van der Waals surface area contributed by atoms with E-state index in [1.807, 2.05) is 60.7 Å². The number of pyridine rings is 1. The number of ether oxygens (including phenoxy) is 2. The van der Waals surface area contributed by atoms with Crippen LogP contribution in [0.1, 0.15) is 17.5 Å². The second-order valence-corrected chi connectivity index (χ2v) is 6.99. The van der Waals surface area contributed by atoms with Crippen molar-refractivity contribution in [3.63, 3.8) is 0 Å². The molecule has 0 saturated carbocycles. The summed E-state index contributed by atoms with van der Waals surface area (Å²) < 4.78 is 11.4. The molecular formula is C22H22Cl2N2O2. The topological polar surface area (TPSA) is 43.4 Å². The van der Waals surface area contributed by atoms with Gasteiger partial charge in [-0.15, -0.1) is 0 Å². The first-order valence-electron chi connectivity index (χ1n) is 9.11. The Hall–Kier alpha value is -2.27. The number of nitrogens with one attached hydrogen (secondary N) is 1. The molecule has 0 aliphatic heterocycles. The molecule has 28 heavy (non-hydrogen) atoms. The van der Waals surface area contributed by atoms with Crippen LogP contribution < -0.4 is 14.8 Å². The van der Waals surface area contributed by atoms with Crippen molar-refractivity contribution in [1.29, 1.82) is 0 Å². The van der Waals surface area contributed by atoms with Crippen LogP contribution in [0.4, 0.5) is 0 Å². The smallest absolute Gasteiger partial charge is 0.213 e. The lowest BCUT2D eigenvalue weighted by Crippen LogP contribution is -2.17. The number of rotatable bonds is 10. The molecule has 0 amide bonds. The Morgan fingerprint density at radius 1 is 0.857 bits per heavy atom. The van der Waals surface area contributed by atoms with Gasteiger partial charge in [0.15, 0.2) is 0 Å². The minimum absolute atomic E-state index is 0.340. The van der Waals surface area contributed by atoms with Gasteiger partial charge in [-0.05, 0) is 48.9 Å². The van der Waals surface area contributed by atoms with Crippen LogP contribution in [-0.2, 0) is 13.2 Å². The Morgan fingerprint density at radius 2 is 1.64 bits per heavy atom. The van der Waals surface area contributed by atoms with E-state index in [9.17, 15) is 0 Å². The largest absolute Gasteiger partial charge is 0.489 e. The first kappa shape index (κ1) is 20.5. The summed E-state index contributed by atoms with van der Waals surface area (Å²) in [6.07, 6.45) is 2.64. The van der Waals surface area contributed by atoms with Crippen LogP contribution in [0, 0.1) is 0 Å². The second kappa shape index (κ2) is 10.9. The molecular weight excluding hydrogens is 395 g/mol. The molecule has 0 radical (unpaired) electrons. The molecule has 3 aromatic rings. The standard InChI is InChI=1S/C22H22Cl2N2O2/c23-20-5-3-6-21(24)19(20)16-28-18-10-8-17(9-11-18)15-25-12-4-14-27-22-7-1-2-13-26-22/h1-3,5-11,13,25H,4,12,14-16H2. The molecule has 0 fully saturated rings. The molecule has 1 N–H and O–H groups in total. The summed E-state index contributed by atoms with van der Waals surface area (Å²) in [6.45, 7) is 2.64. The SMILES string of the molecule is Clc1cccc(Cl)c1COc1ccc(CNCCCOc2ccccn2)cc1. The highest BCUT2D eigenvalue weighted by Crippen LogP contribution is 2.25. The van der Waals surface area contributed by atoms with Gasteiger partial charge in [-0.25, -0.2) is 4.98 Å². The average Bonchev–Trinajstić information content (AvgIpc) is 2.72. The molecule has 0 spiro atoms. The van der Waals surface area contributed by atoms with E-state index in [2.05, 4.69) is 10.3 Å². The lowest BCUT2D eigenvalue weighted by molar-refractivity contribution is 0.296. The van der Waals surface area contributed by atoms with E-state index in [0.717, 1.165) is 30.8 Å². The minimum atomic E-state index is 0.340. The van der Waals surface area contributed by atoms with Crippen LogP contribution in [0.5, 0.6) is 11.6 Å². The first-order chi connectivity index (χ1) is 13.7. The van der Waals surface area contributed by atoms with Gasteiger partial charge >= 0.3 is 0 Å². The van der Waals surface area contributed by atoms with Gasteiger partial charge in [0, 0.05) is 34.4 Å². The molecule has 146 valence electrons. The van der Waals surface area contributed by atoms with Crippen molar-refractivity contribution < 1.29 is 9.47 Å². The Bertz CT molecular complexity index is 838. The van der Waals surface area contributed by atoms with Crippen LogP contribution in [0.25, 0.3) is 0 Å². The fourth-order valence-electron chi connectivity index (χ4n) is 2.57. The van der Waals surface area contributed by atoms with Crippen LogP contribution >= 0.6 is 23.2 Å². The van der Waals surface area contributed by atoms with Gasteiger partial charge in [0.1, 0.15) is 12.4 Å². The van der Waals surface area contributed by atoms with Crippen molar-refractivity contribution in [2.45, 2.75) is 19.6 Å². The summed E-state index contributed by atoms with van der Waals surface area (Å²) in [4.78, 5) is 4.13. The van der Waals surface area contributed by atoms with E-state index < -0.39 is 0 Å². The van der Waals surface area contributed by atoms with Crippen molar-refractivity contribution in [3.05, 3.63) is 88.0 Å². The average molecular weight is 417 g/mol. The maximum Gasteiger partial charge on any atom is 0.213 e. The zero-order valence-electron chi connectivity index (χ0n) is 15.4. The number of aromatic nitrogens is 1. The van der Waals surface area contributed by atoms with E-state index in [1.54, 1.807) is 6.20 Å². The maximum atomic E-state index is 6.16. The summed E-state index contributed by atoms with van der Waals surface area (Å²) in [6, 6.07) is 19.1. The van der Waals surface area contributed by atoms with Crippen molar-refractivity contribution in [1.82, 2.24) is 10.3 Å². The highest BCUT2D eigenvalue weighted by Gasteiger charge is 2.06. The molecule has 1 heterocycles. The van der Waals surface area contributed by atoms with Gasteiger partial charge in [-0.2, -0.15) is 0 Å². The summed E-state index contributed by atoms with van der Waals surface area (Å²) >= 11 is 12.3. The molecule has 3 rings (SSSR count). The van der Waals surface area contributed by atoms with Gasteiger partial charge in [0.25, 0.3) is 0 Å². The molecule has 0 saturated heterocycles. The fraction of sp³-hybridized carbons (Fsp3) is 0.227. The number of halogens is 2. The van der Waals surface area contributed by atoms with Gasteiger partial charge in [-0.1, -0.05) is 47.5 Å². The number of hydrogen-bond acceptors (Lipinski definition) is 4. The zero-order chi connectivity index (χ0) is 19.6. The quantitative estimate of drug-likeness (QED) is 0.441. The van der Waals surface area contributed by atoms with E-state index >= 15 is 0 Å². The zero-order valence-corrected chi connectivity index (χ0v) is 16.9. The molecule has 0 aliphatic rings. The highest BCUT2D eigenvalue weighted by atomic mass is 35.5. The van der Waals surface area contributed by atoms with Gasteiger partial charge < -0.3 is 14.8 Å². The molecule has 0 aliphatic carbocycles. The maximum absolute atomic E-state index is 6.16. The molecule has 0 atom stereocenters. The van der Waals surface area contributed by atoms with Crippen LogP contribution in [-0.4, -0.2) is 18.1 Å². The van der Waals surface area contributed by atoms with Crippen LogP contribution in [0.2, 0.25) is 10.0 Å². The first-order valence-corrected chi connectivity index (χ1v) is 9.87.